The quantitative estimate of drug-likeness (QED) is 0.111. The summed E-state index contributed by atoms with van der Waals surface area (Å²) in [5.41, 5.74) is 1.29. The van der Waals surface area contributed by atoms with Crippen molar-refractivity contribution >= 4 is 33.7 Å². The number of carbonyl (C=O) groups excluding carboxylic acids is 2. The molecule has 1 atom stereocenters. The number of amides is 1. The van der Waals surface area contributed by atoms with Crippen LogP contribution in [0.3, 0.4) is 0 Å². The van der Waals surface area contributed by atoms with Crippen molar-refractivity contribution in [2.45, 2.75) is 127 Å². The average Bonchev–Trinajstić information content (AvgIpc) is 4.00. The van der Waals surface area contributed by atoms with Gasteiger partial charge in [0.05, 0.1) is 23.2 Å². The van der Waals surface area contributed by atoms with Gasteiger partial charge in [-0.2, -0.15) is 4.72 Å². The highest BCUT2D eigenvalue weighted by molar-refractivity contribution is 7.89. The summed E-state index contributed by atoms with van der Waals surface area (Å²) in [6, 6.07) is 13.2. The number of pyridine rings is 1. The summed E-state index contributed by atoms with van der Waals surface area (Å²) in [6.45, 7) is 10.8. The maximum atomic E-state index is 13.7. The minimum Gasteiger partial charge on any atom is -0.490 e. The zero-order valence-corrected chi connectivity index (χ0v) is 32.4. The lowest BCUT2D eigenvalue weighted by Gasteiger charge is -2.25. The maximum absolute atomic E-state index is 13.7. The van der Waals surface area contributed by atoms with Gasteiger partial charge in [0.2, 0.25) is 10.0 Å². The molecule has 2 aliphatic carbocycles. The van der Waals surface area contributed by atoms with E-state index in [9.17, 15) is 18.0 Å². The zero-order chi connectivity index (χ0) is 37.7. The first kappa shape index (κ1) is 39.5. The van der Waals surface area contributed by atoms with E-state index in [4.69, 9.17) is 30.5 Å². The number of aromatic nitrogens is 1. The maximum Gasteiger partial charge on any atom is 0.407 e. The van der Waals surface area contributed by atoms with E-state index in [1.165, 1.54) is 18.2 Å². The molecule has 0 radical (unpaired) electrons. The Balaban J connectivity index is 1.28. The molecule has 2 aromatic carbocycles. The lowest BCUT2D eigenvalue weighted by Crippen LogP contribution is -2.44. The fourth-order valence-corrected chi connectivity index (χ4v) is 7.07. The number of nitrogens with zero attached hydrogens (tertiary/aromatic N) is 1. The summed E-state index contributed by atoms with van der Waals surface area (Å²) in [6.07, 6.45) is 7.97. The van der Waals surface area contributed by atoms with Gasteiger partial charge in [-0.15, -0.1) is 0 Å². The molecule has 2 N–H and O–H groups in total. The number of benzene rings is 2. The molecular weight excluding hydrogens is 706 g/mol. The number of para-hydroxylation sites is 1. The predicted molar refractivity (Wildman–Crippen MR) is 199 cm³/mol. The number of alkyl carbamates (subject to hydrolysis) is 1. The Labute approximate surface area is 312 Å². The van der Waals surface area contributed by atoms with Crippen LogP contribution in [0.1, 0.15) is 97.6 Å². The van der Waals surface area contributed by atoms with Crippen LogP contribution in [0, 0.1) is 0 Å². The lowest BCUT2D eigenvalue weighted by atomic mass is 9.96. The third-order valence-corrected chi connectivity index (χ3v) is 10.3. The number of carbonyl (C=O) groups is 2. The largest absolute Gasteiger partial charge is 0.490 e. The summed E-state index contributed by atoms with van der Waals surface area (Å²) in [5, 5.41) is 3.03. The molecule has 1 amide bonds. The van der Waals surface area contributed by atoms with Crippen molar-refractivity contribution in [1.82, 2.24) is 15.0 Å². The molecule has 0 unspecified atom stereocenters. The molecule has 1 aromatic heterocycles. The van der Waals surface area contributed by atoms with Crippen LogP contribution in [-0.2, 0) is 41.2 Å². The predicted octanol–water partition coefficient (Wildman–Crippen LogP) is 7.83. The Hall–Kier alpha value is -3.71. The molecule has 2 fully saturated rings. The summed E-state index contributed by atoms with van der Waals surface area (Å²) in [7, 11) is -4.20. The Morgan fingerprint density at radius 2 is 1.67 bits per heavy atom. The second-order valence-corrected chi connectivity index (χ2v) is 17.5. The molecular formula is C39H50ClN3O8S. The van der Waals surface area contributed by atoms with E-state index in [1.54, 1.807) is 47.7 Å². The summed E-state index contributed by atoms with van der Waals surface area (Å²) in [5.74, 6) is 0.129. The summed E-state index contributed by atoms with van der Waals surface area (Å²) in [4.78, 5) is 29.5. The fraction of sp³-hybridized carbons (Fsp3) is 0.513. The number of rotatable bonds is 16. The normalized spacial score (nSPS) is 16.1. The van der Waals surface area contributed by atoms with Crippen LogP contribution < -0.4 is 14.8 Å². The number of ether oxygens (including phenoxy) is 4. The Morgan fingerprint density at radius 3 is 2.35 bits per heavy atom. The van der Waals surface area contributed by atoms with Gasteiger partial charge in [0.1, 0.15) is 23.0 Å². The molecule has 3 aromatic rings. The van der Waals surface area contributed by atoms with Gasteiger partial charge in [-0.25, -0.2) is 13.2 Å². The minimum absolute atomic E-state index is 0.0525. The molecule has 0 spiro atoms. The van der Waals surface area contributed by atoms with Crippen molar-refractivity contribution < 1.29 is 37.0 Å². The number of nitrogens with one attached hydrogen (secondary N) is 2. The highest BCUT2D eigenvalue weighted by Crippen LogP contribution is 2.53. The van der Waals surface area contributed by atoms with E-state index in [2.05, 4.69) is 15.0 Å². The first-order chi connectivity index (χ1) is 24.4. The number of unbranched alkanes of at least 4 members (excludes halogenated alkanes) is 1. The van der Waals surface area contributed by atoms with Gasteiger partial charge in [0.25, 0.3) is 0 Å². The molecule has 5 rings (SSSR count). The smallest absolute Gasteiger partial charge is 0.407 e. The Bertz CT molecular complexity index is 1850. The van der Waals surface area contributed by atoms with Crippen molar-refractivity contribution in [1.29, 1.82) is 0 Å². The second-order valence-electron chi connectivity index (χ2n) is 15.4. The average molecular weight is 756 g/mol. The molecule has 0 saturated heterocycles. The highest BCUT2D eigenvalue weighted by Gasteiger charge is 2.48. The van der Waals surface area contributed by atoms with E-state index in [0.717, 1.165) is 48.1 Å². The molecule has 1 heterocycles. The standard InChI is InChI=1S/C39H50ClN3O8S/c1-37(2,3)50-35(44)33(12-9-10-21-42-36(45)51-38(4,5)6)43-52(46,47)28-16-17-32(40)26(23-28)25-48-39(19-20-39)31-24-41-22-18-29(31)30-11-7-8-13-34(30)49-27-14-15-27/h7-8,11,13,16-18,22-24,27,33,43H,9-10,12,14-15,19-21,25H2,1-6H3,(H,42,45)/t33-/m0/s1. The van der Waals surface area contributed by atoms with Gasteiger partial charge < -0.3 is 24.3 Å². The van der Waals surface area contributed by atoms with Crippen molar-refractivity contribution in [2.24, 2.45) is 0 Å². The van der Waals surface area contributed by atoms with E-state index in [1.807, 2.05) is 36.5 Å². The van der Waals surface area contributed by atoms with E-state index in [-0.39, 0.29) is 24.0 Å². The number of sulfonamides is 1. The van der Waals surface area contributed by atoms with Gasteiger partial charge in [-0.1, -0.05) is 29.8 Å². The van der Waals surface area contributed by atoms with Crippen LogP contribution in [0.25, 0.3) is 11.1 Å². The first-order valence-corrected chi connectivity index (χ1v) is 19.7. The number of hydrogen-bond acceptors (Lipinski definition) is 9. The van der Waals surface area contributed by atoms with Gasteiger partial charge >= 0.3 is 12.1 Å². The van der Waals surface area contributed by atoms with E-state index in [0.29, 0.717) is 30.0 Å². The highest BCUT2D eigenvalue weighted by atomic mass is 35.5. The van der Waals surface area contributed by atoms with Crippen LogP contribution >= 0.6 is 11.6 Å². The molecule has 0 aliphatic heterocycles. The zero-order valence-electron chi connectivity index (χ0n) is 30.8. The fourth-order valence-electron chi connectivity index (χ4n) is 5.63. The van der Waals surface area contributed by atoms with Crippen LogP contribution in [0.5, 0.6) is 5.75 Å². The molecule has 2 aliphatic rings. The van der Waals surface area contributed by atoms with Crippen molar-refractivity contribution in [3.05, 3.63) is 77.1 Å². The van der Waals surface area contributed by atoms with Crippen LogP contribution in [0.4, 0.5) is 4.79 Å². The number of hydrogen-bond donors (Lipinski definition) is 2. The van der Waals surface area contributed by atoms with Gasteiger partial charge in [-0.3, -0.25) is 9.78 Å². The second kappa shape index (κ2) is 16.1. The molecule has 282 valence electrons. The number of halogens is 1. The monoisotopic (exact) mass is 755 g/mol. The molecule has 0 bridgehead atoms. The van der Waals surface area contributed by atoms with Crippen molar-refractivity contribution in [3.63, 3.8) is 0 Å². The van der Waals surface area contributed by atoms with Gasteiger partial charge in [0, 0.05) is 35.1 Å². The van der Waals surface area contributed by atoms with E-state index >= 15 is 0 Å². The first-order valence-electron chi connectivity index (χ1n) is 17.8. The topological polar surface area (TPSA) is 142 Å². The lowest BCUT2D eigenvalue weighted by molar-refractivity contribution is -0.157. The van der Waals surface area contributed by atoms with Crippen LogP contribution in [0.15, 0.2) is 65.8 Å². The minimum atomic E-state index is -4.20. The van der Waals surface area contributed by atoms with Crippen molar-refractivity contribution in [3.8, 4) is 16.9 Å². The molecule has 13 heteroatoms. The third-order valence-electron chi connectivity index (χ3n) is 8.42. The molecule has 52 heavy (non-hydrogen) atoms. The summed E-state index contributed by atoms with van der Waals surface area (Å²) >= 11 is 6.59. The number of esters is 1. The summed E-state index contributed by atoms with van der Waals surface area (Å²) < 4.78 is 53.6. The molecule has 11 nitrogen and oxygen atoms in total. The van der Waals surface area contributed by atoms with Gasteiger partial charge in [0.15, 0.2) is 0 Å². The van der Waals surface area contributed by atoms with Crippen LogP contribution in [-0.4, -0.2) is 55.4 Å². The van der Waals surface area contributed by atoms with Gasteiger partial charge in [-0.05, 0) is 128 Å². The van der Waals surface area contributed by atoms with E-state index < -0.39 is 44.9 Å². The van der Waals surface area contributed by atoms with Crippen LogP contribution in [0.2, 0.25) is 5.02 Å². The third kappa shape index (κ3) is 11.1. The van der Waals surface area contributed by atoms with Crippen molar-refractivity contribution in [2.75, 3.05) is 6.54 Å². The Kier molecular flexibility index (Phi) is 12.2. The Morgan fingerprint density at radius 1 is 0.962 bits per heavy atom. The SMILES string of the molecule is CC(C)(C)OC(=O)NCCCC[C@H](NS(=O)(=O)c1ccc(Cl)c(COC2(c3cnccc3-c3ccccc3OC3CC3)CC2)c1)C(=O)OC(C)(C)C. The molecule has 2 saturated carbocycles.